The standard InChI is InChI=1S/C33H28N2O7.FHO3S/c1-21-17-24(35(38)39)18-22(2)32(21)42-33(37)31-26-11-6-7-12-28(26)34-29-19-25(14-15-27(29)31)40-16-8-13-30(36)41-20-23-9-4-3-5-10-23;1-5(2,3)4/h3-7,9-12,14-15,17-19H,8,13,16,20H2,1-2H3;(H,2,3,4). The monoisotopic (exact) mass is 664 g/mol. The van der Waals surface area contributed by atoms with Gasteiger partial charge in [0, 0.05) is 35.4 Å². The van der Waals surface area contributed by atoms with Crippen LogP contribution in [0.15, 0.2) is 84.9 Å². The van der Waals surface area contributed by atoms with Crippen LogP contribution in [0.3, 0.4) is 0 Å². The maximum atomic E-state index is 13.6. The van der Waals surface area contributed by atoms with E-state index in [4.69, 9.17) is 32.2 Å². The summed E-state index contributed by atoms with van der Waals surface area (Å²) in [5, 5.41) is 12.4. The lowest BCUT2D eigenvalue weighted by Gasteiger charge is -2.14. The molecule has 0 amide bonds. The van der Waals surface area contributed by atoms with Crippen LogP contribution in [0.25, 0.3) is 21.8 Å². The zero-order chi connectivity index (χ0) is 34.1. The number of benzene rings is 4. The average Bonchev–Trinajstić information content (AvgIpc) is 3.02. The first-order valence-corrected chi connectivity index (χ1v) is 15.4. The zero-order valence-corrected chi connectivity index (χ0v) is 26.0. The van der Waals surface area contributed by atoms with E-state index in [9.17, 15) is 23.6 Å². The number of hydrogen-bond acceptors (Lipinski definition) is 10. The number of carbonyl (C=O) groups is 2. The Balaban J connectivity index is 0.000000930. The summed E-state index contributed by atoms with van der Waals surface area (Å²) in [6, 6.07) is 24.7. The third-order valence-corrected chi connectivity index (χ3v) is 6.74. The smallest absolute Gasteiger partial charge is 0.435 e. The van der Waals surface area contributed by atoms with E-state index in [1.165, 1.54) is 12.1 Å². The molecule has 0 aliphatic rings. The van der Waals surface area contributed by atoms with Gasteiger partial charge in [-0.3, -0.25) is 19.5 Å². The molecule has 0 aliphatic heterocycles. The number of non-ortho nitro benzene ring substituents is 1. The number of para-hydroxylation sites is 1. The molecule has 244 valence electrons. The van der Waals surface area contributed by atoms with Crippen LogP contribution in [0.2, 0.25) is 0 Å². The summed E-state index contributed by atoms with van der Waals surface area (Å²) in [7, 11) is -5.17. The number of pyridine rings is 1. The molecule has 5 rings (SSSR count). The normalized spacial score (nSPS) is 11.0. The Kier molecular flexibility index (Phi) is 11.1. The quantitative estimate of drug-likeness (QED) is 0.0243. The summed E-state index contributed by atoms with van der Waals surface area (Å²) in [6.45, 7) is 3.86. The molecule has 4 aromatic carbocycles. The van der Waals surface area contributed by atoms with Gasteiger partial charge in [-0.1, -0.05) is 52.4 Å². The predicted octanol–water partition coefficient (Wildman–Crippen LogP) is 6.79. The lowest BCUT2D eigenvalue weighted by atomic mass is 10.0. The van der Waals surface area contributed by atoms with Crippen molar-refractivity contribution >= 4 is 49.9 Å². The SMILES string of the molecule is Cc1cc([N+](=O)[O-])cc(C)c1OC(=O)c1c2ccccc2nc2cc(OCCCC(=O)OCc3ccccc3)ccc12.O=S(=O)(O)F. The van der Waals surface area contributed by atoms with Crippen LogP contribution in [-0.2, 0) is 26.6 Å². The second kappa shape index (κ2) is 15.2. The predicted molar refractivity (Wildman–Crippen MR) is 170 cm³/mol. The second-order valence-electron chi connectivity index (χ2n) is 10.2. The first-order valence-electron chi connectivity index (χ1n) is 14.1. The summed E-state index contributed by atoms with van der Waals surface area (Å²) >= 11 is 0. The molecule has 0 bridgehead atoms. The van der Waals surface area contributed by atoms with Gasteiger partial charge >= 0.3 is 22.4 Å². The van der Waals surface area contributed by atoms with E-state index in [2.05, 4.69) is 0 Å². The molecule has 1 N–H and O–H groups in total. The first-order chi connectivity index (χ1) is 22.3. The van der Waals surface area contributed by atoms with Crippen molar-refractivity contribution in [3.63, 3.8) is 0 Å². The number of nitro groups is 1. The molecule has 1 heterocycles. The second-order valence-corrected chi connectivity index (χ2v) is 11.1. The lowest BCUT2D eigenvalue weighted by molar-refractivity contribution is -0.385. The molecule has 0 spiro atoms. The van der Waals surface area contributed by atoms with Crippen LogP contribution in [0.1, 0.15) is 39.9 Å². The molecule has 12 nitrogen and oxygen atoms in total. The molecule has 0 aliphatic carbocycles. The van der Waals surface area contributed by atoms with Crippen LogP contribution in [0.5, 0.6) is 11.5 Å². The molecule has 47 heavy (non-hydrogen) atoms. The van der Waals surface area contributed by atoms with Gasteiger partial charge < -0.3 is 14.2 Å². The van der Waals surface area contributed by atoms with Gasteiger partial charge in [0.05, 0.1) is 28.1 Å². The van der Waals surface area contributed by atoms with Crippen molar-refractivity contribution in [3.8, 4) is 11.5 Å². The fourth-order valence-corrected chi connectivity index (χ4v) is 4.74. The molecule has 0 fully saturated rings. The molecular formula is C33H29FN2O10S. The van der Waals surface area contributed by atoms with Gasteiger partial charge in [0.15, 0.2) is 0 Å². The van der Waals surface area contributed by atoms with E-state index in [0.717, 1.165) is 5.56 Å². The summed E-state index contributed by atoms with van der Waals surface area (Å²) in [4.78, 5) is 41.2. The summed E-state index contributed by atoms with van der Waals surface area (Å²) in [5.74, 6) is -0.0664. The fourth-order valence-electron chi connectivity index (χ4n) is 4.74. The average molecular weight is 665 g/mol. The van der Waals surface area contributed by atoms with Crippen LogP contribution in [0.4, 0.5) is 9.57 Å². The molecule has 0 radical (unpaired) electrons. The van der Waals surface area contributed by atoms with Gasteiger partial charge in [-0.25, -0.2) is 9.78 Å². The Morgan fingerprint density at radius 2 is 1.53 bits per heavy atom. The Labute approximate surface area is 268 Å². The summed E-state index contributed by atoms with van der Waals surface area (Å²) in [5.41, 5.74) is 3.31. The number of esters is 2. The highest BCUT2D eigenvalue weighted by Gasteiger charge is 2.22. The van der Waals surface area contributed by atoms with Crippen LogP contribution < -0.4 is 9.47 Å². The molecule has 0 atom stereocenters. The topological polar surface area (TPSA) is 172 Å². The number of rotatable bonds is 10. The van der Waals surface area contributed by atoms with Crippen LogP contribution >= 0.6 is 0 Å². The third-order valence-electron chi connectivity index (χ3n) is 6.74. The summed E-state index contributed by atoms with van der Waals surface area (Å²) in [6.07, 6.45) is 0.698. The Bertz CT molecular complexity index is 2020. The van der Waals surface area contributed by atoms with Crippen molar-refractivity contribution in [1.82, 2.24) is 4.98 Å². The van der Waals surface area contributed by atoms with E-state index >= 15 is 0 Å². The summed E-state index contributed by atoms with van der Waals surface area (Å²) < 4.78 is 51.1. The maximum absolute atomic E-state index is 13.6. The number of carbonyl (C=O) groups excluding carboxylic acids is 2. The van der Waals surface area contributed by atoms with Crippen molar-refractivity contribution in [3.05, 3.63) is 117 Å². The van der Waals surface area contributed by atoms with Gasteiger partial charge in [-0.15, -0.1) is 0 Å². The van der Waals surface area contributed by atoms with E-state index in [1.54, 1.807) is 38.1 Å². The van der Waals surface area contributed by atoms with Crippen LogP contribution in [-0.4, -0.2) is 41.4 Å². The Hall–Kier alpha value is -5.47. The largest absolute Gasteiger partial charge is 0.494 e. The first kappa shape index (κ1) is 34.4. The fraction of sp³-hybridized carbons (Fsp3) is 0.182. The van der Waals surface area contributed by atoms with Gasteiger partial charge in [0.2, 0.25) is 0 Å². The lowest BCUT2D eigenvalue weighted by Crippen LogP contribution is -2.12. The number of hydrogen-bond donors (Lipinski definition) is 1. The van der Waals surface area contributed by atoms with Crippen molar-refractivity contribution in [1.29, 1.82) is 0 Å². The van der Waals surface area contributed by atoms with E-state index in [-0.39, 0.29) is 30.4 Å². The maximum Gasteiger partial charge on any atom is 0.435 e. The van der Waals surface area contributed by atoms with E-state index < -0.39 is 21.4 Å². The highest BCUT2D eigenvalue weighted by Crippen LogP contribution is 2.33. The number of nitrogens with zero attached hydrogens (tertiary/aromatic N) is 2. The number of aromatic nitrogens is 1. The van der Waals surface area contributed by atoms with E-state index in [1.807, 2.05) is 48.5 Å². The third kappa shape index (κ3) is 9.76. The molecular weight excluding hydrogens is 635 g/mol. The van der Waals surface area contributed by atoms with Gasteiger partial charge in [-0.05, 0) is 55.2 Å². The minimum atomic E-state index is -5.17. The van der Waals surface area contributed by atoms with Crippen molar-refractivity contribution < 1.29 is 45.6 Å². The number of fused-ring (bicyclic) bond motifs is 2. The Morgan fingerprint density at radius 3 is 2.19 bits per heavy atom. The number of ether oxygens (including phenoxy) is 3. The van der Waals surface area contributed by atoms with Crippen molar-refractivity contribution in [2.45, 2.75) is 33.3 Å². The molecule has 0 unspecified atom stereocenters. The van der Waals surface area contributed by atoms with E-state index in [0.29, 0.717) is 57.3 Å². The van der Waals surface area contributed by atoms with Gasteiger partial charge in [-0.2, -0.15) is 8.42 Å². The zero-order valence-electron chi connectivity index (χ0n) is 25.2. The number of nitro benzene ring substituents is 1. The van der Waals surface area contributed by atoms with Crippen molar-refractivity contribution in [2.24, 2.45) is 0 Å². The number of halogens is 1. The molecule has 5 aromatic rings. The number of aryl methyl sites for hydroxylation is 2. The molecule has 0 saturated heterocycles. The van der Waals surface area contributed by atoms with Gasteiger partial charge in [0.1, 0.15) is 18.1 Å². The minimum absolute atomic E-state index is 0.0683. The minimum Gasteiger partial charge on any atom is -0.494 e. The molecule has 0 saturated carbocycles. The van der Waals surface area contributed by atoms with Crippen LogP contribution in [0, 0.1) is 24.0 Å². The Morgan fingerprint density at radius 1 is 0.915 bits per heavy atom. The highest BCUT2D eigenvalue weighted by atomic mass is 32.3. The van der Waals surface area contributed by atoms with Crippen molar-refractivity contribution in [2.75, 3.05) is 6.61 Å². The van der Waals surface area contributed by atoms with Gasteiger partial charge in [0.25, 0.3) is 5.69 Å². The highest BCUT2D eigenvalue weighted by molar-refractivity contribution is 7.80. The molecule has 14 heteroatoms. The molecule has 1 aromatic heterocycles.